The van der Waals surface area contributed by atoms with Crippen LogP contribution in [0.15, 0.2) is 40.4 Å². The average molecular weight is 300 g/mol. The number of benzene rings is 1. The van der Waals surface area contributed by atoms with Crippen molar-refractivity contribution in [3.8, 4) is 0 Å². The van der Waals surface area contributed by atoms with Crippen LogP contribution in [-0.4, -0.2) is 31.5 Å². The molecule has 0 unspecified atom stereocenters. The quantitative estimate of drug-likeness (QED) is 0.436. The summed E-state index contributed by atoms with van der Waals surface area (Å²) in [4.78, 5) is 36.8. The summed E-state index contributed by atoms with van der Waals surface area (Å²) in [5, 5.41) is 0.770. The van der Waals surface area contributed by atoms with E-state index < -0.39 is 0 Å². The topological polar surface area (TPSA) is 91.5 Å². The Morgan fingerprint density at radius 1 is 1.19 bits per heavy atom. The molecule has 6 nitrogen and oxygen atoms in total. The molecule has 0 atom stereocenters. The van der Waals surface area contributed by atoms with Gasteiger partial charge in [0.1, 0.15) is 11.4 Å². The Morgan fingerprint density at radius 3 is 2.81 bits per heavy atom. The van der Waals surface area contributed by atoms with Crippen molar-refractivity contribution in [3.05, 3.63) is 52.3 Å². The summed E-state index contributed by atoms with van der Waals surface area (Å²) < 4.78 is 0. The smallest absolute Gasteiger partial charge is 0.306 e. The summed E-state index contributed by atoms with van der Waals surface area (Å²) in [7, 11) is 0. The third-order valence-corrected chi connectivity index (χ3v) is 3.89. The van der Waals surface area contributed by atoms with Crippen molar-refractivity contribution in [2.24, 2.45) is 0 Å². The van der Waals surface area contributed by atoms with Gasteiger partial charge in [-0.1, -0.05) is 11.8 Å². The minimum atomic E-state index is -0.277. The Balaban J connectivity index is 1.75. The van der Waals surface area contributed by atoms with Crippen molar-refractivity contribution in [1.82, 2.24) is 19.9 Å². The first kappa shape index (κ1) is 13.6. The zero-order valence-electron chi connectivity index (χ0n) is 11.2. The number of hydrogen-bond acceptors (Lipinski definition) is 5. The van der Waals surface area contributed by atoms with Crippen LogP contribution in [0.25, 0.3) is 11.0 Å². The number of nitrogens with one attached hydrogen (secondary N) is 2. The Kier molecular flexibility index (Phi) is 3.57. The van der Waals surface area contributed by atoms with Crippen LogP contribution in [0.4, 0.5) is 0 Å². The summed E-state index contributed by atoms with van der Waals surface area (Å²) >= 11 is 1.37. The van der Waals surface area contributed by atoms with E-state index in [1.54, 1.807) is 18.2 Å². The molecule has 7 heteroatoms. The zero-order valence-corrected chi connectivity index (χ0v) is 12.0. The second-order valence-corrected chi connectivity index (χ2v) is 5.54. The lowest BCUT2D eigenvalue weighted by Crippen LogP contribution is -2.02. The van der Waals surface area contributed by atoms with Crippen molar-refractivity contribution < 1.29 is 4.79 Å². The van der Waals surface area contributed by atoms with Crippen molar-refractivity contribution >= 4 is 28.6 Å². The minimum Gasteiger partial charge on any atom is -0.306 e. The van der Waals surface area contributed by atoms with E-state index in [0.717, 1.165) is 10.7 Å². The van der Waals surface area contributed by atoms with E-state index in [0.29, 0.717) is 16.6 Å². The minimum absolute atomic E-state index is 0.0137. The molecule has 3 aromatic rings. The number of imidazole rings is 1. The van der Waals surface area contributed by atoms with Crippen LogP contribution in [0.2, 0.25) is 0 Å². The number of Topliss-reactive ketones (excluding diaryl/α,β-unsaturated/α-hetero) is 1. The maximum absolute atomic E-state index is 12.2. The van der Waals surface area contributed by atoms with Gasteiger partial charge in [0.2, 0.25) is 0 Å². The summed E-state index contributed by atoms with van der Waals surface area (Å²) in [6.07, 6.45) is 1.48. The molecule has 0 aliphatic heterocycles. The van der Waals surface area contributed by atoms with Gasteiger partial charge in [-0.25, -0.2) is 14.8 Å². The summed E-state index contributed by atoms with van der Waals surface area (Å²) in [6.45, 7) is 1.88. The number of H-pyrrole nitrogens is 2. The van der Waals surface area contributed by atoms with Crippen LogP contribution in [0.1, 0.15) is 16.1 Å². The molecule has 0 saturated heterocycles. The molecule has 3 rings (SSSR count). The molecule has 0 fully saturated rings. The Labute approximate surface area is 124 Å². The first-order valence-corrected chi connectivity index (χ1v) is 7.27. The molecule has 1 aromatic carbocycles. The second-order valence-electron chi connectivity index (χ2n) is 4.55. The molecular weight excluding hydrogens is 288 g/mol. The molecule has 2 N–H and O–H groups in total. The van der Waals surface area contributed by atoms with Gasteiger partial charge in [0.15, 0.2) is 5.78 Å². The number of carbonyl (C=O) groups excluding carboxylic acids is 1. The predicted octanol–water partition coefficient (Wildman–Crippen LogP) is 1.93. The lowest BCUT2D eigenvalue weighted by atomic mass is 10.1. The van der Waals surface area contributed by atoms with Crippen LogP contribution >= 0.6 is 11.8 Å². The summed E-state index contributed by atoms with van der Waals surface area (Å²) in [5.74, 6) is 0.275. The van der Waals surface area contributed by atoms with Gasteiger partial charge in [0.25, 0.3) is 0 Å². The number of fused-ring (bicyclic) bond motifs is 1. The molecule has 0 saturated carbocycles. The highest BCUT2D eigenvalue weighted by molar-refractivity contribution is 7.99. The largest absolute Gasteiger partial charge is 0.323 e. The predicted molar refractivity (Wildman–Crippen MR) is 80.7 cm³/mol. The van der Waals surface area contributed by atoms with Gasteiger partial charge in [-0.05, 0) is 31.2 Å². The van der Waals surface area contributed by atoms with Crippen molar-refractivity contribution in [1.29, 1.82) is 0 Å². The van der Waals surface area contributed by atoms with E-state index in [2.05, 4.69) is 19.9 Å². The van der Waals surface area contributed by atoms with Gasteiger partial charge in [-0.3, -0.25) is 4.79 Å². The fourth-order valence-electron chi connectivity index (χ4n) is 1.94. The number of thioether (sulfide) groups is 1. The number of carbonyl (C=O) groups is 1. The van der Waals surface area contributed by atoms with Crippen LogP contribution < -0.4 is 5.69 Å². The maximum atomic E-state index is 12.2. The Hall–Kier alpha value is -2.41. The molecule has 0 bridgehead atoms. The molecule has 2 aromatic heterocycles. The van der Waals surface area contributed by atoms with Gasteiger partial charge in [-0.15, -0.1) is 0 Å². The number of hydrogen-bond donors (Lipinski definition) is 2. The molecular formula is C14H12N4O2S. The summed E-state index contributed by atoms with van der Waals surface area (Å²) in [5.41, 5.74) is 2.48. The molecule has 106 valence electrons. The maximum Gasteiger partial charge on any atom is 0.323 e. The second kappa shape index (κ2) is 5.53. The lowest BCUT2D eigenvalue weighted by molar-refractivity contribution is 0.102. The van der Waals surface area contributed by atoms with Crippen LogP contribution in [0, 0.1) is 6.92 Å². The number of nitrogens with zero attached hydrogens (tertiary/aromatic N) is 2. The van der Waals surface area contributed by atoms with Crippen molar-refractivity contribution in [2.45, 2.75) is 11.9 Å². The summed E-state index contributed by atoms with van der Waals surface area (Å²) in [6, 6.07) is 6.95. The standard InChI is InChI=1S/C14H12N4O2S/c1-8-4-13(16-7-15-8)21-6-12(19)9-2-3-10-11(5-9)18-14(20)17-10/h2-5,7H,6H2,1H3,(H2,17,18,20). The Bertz CT molecular complexity index is 869. The van der Waals surface area contributed by atoms with Gasteiger partial charge >= 0.3 is 5.69 Å². The monoisotopic (exact) mass is 300 g/mol. The highest BCUT2D eigenvalue weighted by Crippen LogP contribution is 2.18. The van der Waals surface area contributed by atoms with E-state index in [1.807, 2.05) is 13.0 Å². The first-order chi connectivity index (χ1) is 10.1. The molecule has 0 amide bonds. The number of aromatic nitrogens is 4. The molecule has 0 aliphatic carbocycles. The van der Waals surface area contributed by atoms with Gasteiger partial charge in [0, 0.05) is 11.3 Å². The van der Waals surface area contributed by atoms with Crippen molar-refractivity contribution in [2.75, 3.05) is 5.75 Å². The first-order valence-electron chi connectivity index (χ1n) is 6.28. The molecule has 0 aliphatic rings. The molecule has 2 heterocycles. The van der Waals surface area contributed by atoms with Crippen LogP contribution in [-0.2, 0) is 0 Å². The van der Waals surface area contributed by atoms with Gasteiger partial charge in [0.05, 0.1) is 16.8 Å². The van der Waals surface area contributed by atoms with Gasteiger partial charge in [-0.2, -0.15) is 0 Å². The average Bonchev–Trinajstić information content (AvgIpc) is 2.84. The number of aryl methyl sites for hydroxylation is 1. The fraction of sp³-hybridized carbons (Fsp3) is 0.143. The fourth-order valence-corrected chi connectivity index (χ4v) is 2.76. The highest BCUT2D eigenvalue weighted by atomic mass is 32.2. The highest BCUT2D eigenvalue weighted by Gasteiger charge is 2.09. The zero-order chi connectivity index (χ0) is 14.8. The molecule has 21 heavy (non-hydrogen) atoms. The van der Waals surface area contributed by atoms with E-state index in [1.165, 1.54) is 18.1 Å². The van der Waals surface area contributed by atoms with Gasteiger partial charge < -0.3 is 9.97 Å². The molecule has 0 spiro atoms. The molecule has 0 radical (unpaired) electrons. The van der Waals surface area contributed by atoms with E-state index in [9.17, 15) is 9.59 Å². The SMILES string of the molecule is Cc1cc(SCC(=O)c2ccc3[nH]c(=O)[nH]c3c2)ncn1. The Morgan fingerprint density at radius 2 is 2.00 bits per heavy atom. The number of aromatic amines is 2. The third kappa shape index (κ3) is 3.03. The van der Waals surface area contributed by atoms with Crippen LogP contribution in [0.5, 0.6) is 0 Å². The third-order valence-electron chi connectivity index (χ3n) is 2.97. The number of rotatable bonds is 4. The van der Waals surface area contributed by atoms with E-state index in [-0.39, 0.29) is 17.2 Å². The van der Waals surface area contributed by atoms with E-state index >= 15 is 0 Å². The normalized spacial score (nSPS) is 10.9. The van der Waals surface area contributed by atoms with Crippen LogP contribution in [0.3, 0.4) is 0 Å². The van der Waals surface area contributed by atoms with Crippen molar-refractivity contribution in [3.63, 3.8) is 0 Å². The van der Waals surface area contributed by atoms with E-state index in [4.69, 9.17) is 0 Å². The number of ketones is 1. The lowest BCUT2D eigenvalue weighted by Gasteiger charge is -2.02.